The van der Waals surface area contributed by atoms with Crippen LogP contribution in [0, 0.1) is 25.5 Å². The highest BCUT2D eigenvalue weighted by atomic mass is 32.1. The van der Waals surface area contributed by atoms with E-state index in [0.717, 1.165) is 47.7 Å². The molecule has 0 radical (unpaired) electrons. The van der Waals surface area contributed by atoms with Gasteiger partial charge in [-0.1, -0.05) is 35.7 Å². The fourth-order valence-electron chi connectivity index (χ4n) is 5.19. The Morgan fingerprint density at radius 2 is 1.74 bits per heavy atom. The van der Waals surface area contributed by atoms with Crippen molar-refractivity contribution >= 4 is 40.3 Å². The van der Waals surface area contributed by atoms with Gasteiger partial charge in [-0.25, -0.2) is 18.7 Å². The van der Waals surface area contributed by atoms with Crippen LogP contribution in [0.3, 0.4) is 0 Å². The first-order chi connectivity index (χ1) is 20.0. The van der Waals surface area contributed by atoms with E-state index in [4.69, 9.17) is 17.2 Å². The topological polar surface area (TPSA) is 67.2 Å². The van der Waals surface area contributed by atoms with Crippen molar-refractivity contribution < 1.29 is 22.0 Å². The minimum absolute atomic E-state index is 0.0245. The average molecular weight is 619 g/mol. The molecule has 0 spiro atoms. The van der Waals surface area contributed by atoms with Crippen LogP contribution in [-0.4, -0.2) is 55.5 Å². The summed E-state index contributed by atoms with van der Waals surface area (Å²) in [6.45, 7) is 4.96. The van der Waals surface area contributed by atoms with Crippen LogP contribution in [0.2, 0.25) is 0 Å². The zero-order chi connectivity index (χ0) is 30.0. The summed E-state index contributed by atoms with van der Waals surface area (Å²) < 4.78 is 67.4. The molecular weight excluding hydrogens is 591 g/mol. The maximum atomic E-state index is 14.2. The van der Waals surface area contributed by atoms with Crippen LogP contribution in [0.15, 0.2) is 41.0 Å². The molecule has 220 valence electrons. The second kappa shape index (κ2) is 12.4. The molecule has 1 saturated heterocycles. The molecular formula is C29H27F5N6S2. The van der Waals surface area contributed by atoms with Crippen molar-refractivity contribution in [3.8, 4) is 10.6 Å². The monoisotopic (exact) mass is 618 g/mol. The fraction of sp³-hybridized carbons (Fsp3) is 0.379. The van der Waals surface area contributed by atoms with Crippen molar-refractivity contribution in [2.45, 2.75) is 58.0 Å². The Morgan fingerprint density at radius 1 is 1.05 bits per heavy atom. The maximum Gasteiger partial charge on any atom is 0.433 e. The van der Waals surface area contributed by atoms with E-state index < -0.39 is 23.5 Å². The highest BCUT2D eigenvalue weighted by molar-refractivity contribution is 7.80. The summed E-state index contributed by atoms with van der Waals surface area (Å²) in [7, 11) is 0. The summed E-state index contributed by atoms with van der Waals surface area (Å²) in [4.78, 5) is 15.4. The number of likely N-dealkylation sites (tertiary alicyclic amines) is 1. The third-order valence-electron chi connectivity index (χ3n) is 7.30. The molecule has 0 saturated carbocycles. The molecule has 0 bridgehead atoms. The highest BCUT2D eigenvalue weighted by Crippen LogP contribution is 2.39. The van der Waals surface area contributed by atoms with Crippen LogP contribution in [0.25, 0.3) is 16.1 Å². The number of hydrogen-bond donors (Lipinski definition) is 0. The number of halogens is 5. The molecule has 0 amide bonds. The Morgan fingerprint density at radius 3 is 2.43 bits per heavy atom. The fourth-order valence-corrected chi connectivity index (χ4v) is 6.52. The average Bonchev–Trinajstić information content (AvgIpc) is 3.39. The SMILES string of the molecule is Cc1nc(C)c(-c2nnc(C3=CC=NC(C(F)(F)F)=CCC3)s2)c(C2CCN(C(=S)Cc3c(F)cccc3F)CC2)n1. The molecule has 5 rings (SSSR count). The molecule has 0 aliphatic carbocycles. The lowest BCUT2D eigenvalue weighted by Gasteiger charge is -2.34. The molecule has 0 unspecified atom stereocenters. The first kappa shape index (κ1) is 30.0. The summed E-state index contributed by atoms with van der Waals surface area (Å²) in [6, 6.07) is 3.80. The zero-order valence-corrected chi connectivity index (χ0v) is 24.5. The van der Waals surface area contributed by atoms with E-state index >= 15 is 0 Å². The molecule has 4 heterocycles. The van der Waals surface area contributed by atoms with Gasteiger partial charge in [-0.2, -0.15) is 13.2 Å². The van der Waals surface area contributed by atoms with Crippen LogP contribution in [0.1, 0.15) is 59.4 Å². The molecule has 2 aliphatic heterocycles. The van der Waals surface area contributed by atoms with Gasteiger partial charge >= 0.3 is 6.18 Å². The van der Waals surface area contributed by atoms with Gasteiger partial charge in [-0.05, 0) is 63.3 Å². The number of thiocarbonyl (C=S) groups is 1. The Balaban J connectivity index is 1.33. The van der Waals surface area contributed by atoms with Crippen molar-refractivity contribution in [2.24, 2.45) is 4.99 Å². The third kappa shape index (κ3) is 6.62. The largest absolute Gasteiger partial charge is 0.433 e. The number of hydrogen-bond acceptors (Lipinski definition) is 7. The van der Waals surface area contributed by atoms with Gasteiger partial charge in [0, 0.05) is 37.2 Å². The quantitative estimate of drug-likeness (QED) is 0.220. The summed E-state index contributed by atoms with van der Waals surface area (Å²) in [6.07, 6.45) is 1.32. The van der Waals surface area contributed by atoms with Gasteiger partial charge in [-0.3, -0.25) is 4.99 Å². The van der Waals surface area contributed by atoms with Crippen molar-refractivity contribution in [1.29, 1.82) is 0 Å². The van der Waals surface area contributed by atoms with Crippen LogP contribution >= 0.6 is 23.6 Å². The lowest BCUT2D eigenvalue weighted by Crippen LogP contribution is -2.38. The van der Waals surface area contributed by atoms with Crippen molar-refractivity contribution in [3.63, 3.8) is 0 Å². The van der Waals surface area contributed by atoms with E-state index in [0.29, 0.717) is 40.3 Å². The van der Waals surface area contributed by atoms with Crippen molar-refractivity contribution in [1.82, 2.24) is 25.1 Å². The smallest absolute Gasteiger partial charge is 0.366 e. The first-order valence-corrected chi connectivity index (χ1v) is 14.6. The first-order valence-electron chi connectivity index (χ1n) is 13.4. The van der Waals surface area contributed by atoms with Crippen LogP contribution < -0.4 is 0 Å². The van der Waals surface area contributed by atoms with Gasteiger partial charge in [0.15, 0.2) is 5.01 Å². The number of alkyl halides is 3. The standard InChI is InChI=1S/C29H27F5N6S2/c1-16-25(28-39-38-27(42-28)19-5-3-8-23(29(32,33)34)35-12-9-19)26(37-17(2)36-16)18-10-13-40(14-11-18)24(41)15-20-21(30)6-4-7-22(20)31/h4,6-9,12,18H,3,5,10-11,13-15H2,1-2H3. The number of rotatable bonds is 5. The number of nitrogens with zero attached hydrogens (tertiary/aromatic N) is 6. The molecule has 2 aromatic heterocycles. The molecule has 3 aromatic rings. The van der Waals surface area contributed by atoms with E-state index in [9.17, 15) is 22.0 Å². The summed E-state index contributed by atoms with van der Waals surface area (Å²) in [5.74, 6) is -0.499. The van der Waals surface area contributed by atoms with Gasteiger partial charge in [0.2, 0.25) is 0 Å². The Bertz CT molecular complexity index is 1570. The number of allylic oxidation sites excluding steroid dienone is 4. The van der Waals surface area contributed by atoms with Gasteiger partial charge in [0.25, 0.3) is 0 Å². The van der Waals surface area contributed by atoms with Crippen LogP contribution in [-0.2, 0) is 6.42 Å². The summed E-state index contributed by atoms with van der Waals surface area (Å²) >= 11 is 6.90. The number of aliphatic imine (C=N–C) groups is 1. The number of aromatic nitrogens is 4. The van der Waals surface area contributed by atoms with E-state index in [2.05, 4.69) is 20.2 Å². The summed E-state index contributed by atoms with van der Waals surface area (Å²) in [5.41, 5.74) is 2.25. The van der Waals surface area contributed by atoms with Gasteiger partial charge in [-0.15, -0.1) is 10.2 Å². The van der Waals surface area contributed by atoms with Crippen molar-refractivity contribution in [3.05, 3.63) is 75.5 Å². The summed E-state index contributed by atoms with van der Waals surface area (Å²) in [5, 5.41) is 10.0. The van der Waals surface area contributed by atoms with E-state index in [1.807, 2.05) is 18.7 Å². The molecule has 0 atom stereocenters. The second-order valence-electron chi connectivity index (χ2n) is 10.2. The lowest BCUT2D eigenvalue weighted by atomic mass is 9.89. The molecule has 13 heteroatoms. The van der Waals surface area contributed by atoms with Crippen LogP contribution in [0.4, 0.5) is 22.0 Å². The predicted molar refractivity (Wildman–Crippen MR) is 156 cm³/mol. The zero-order valence-electron chi connectivity index (χ0n) is 22.9. The molecule has 1 aromatic carbocycles. The van der Waals surface area contributed by atoms with Gasteiger partial charge in [0.05, 0.1) is 21.9 Å². The van der Waals surface area contributed by atoms with Gasteiger partial charge < -0.3 is 4.90 Å². The van der Waals surface area contributed by atoms with E-state index in [1.165, 1.54) is 29.5 Å². The highest BCUT2D eigenvalue weighted by Gasteiger charge is 2.33. The third-order valence-corrected chi connectivity index (χ3v) is 8.72. The molecule has 1 fully saturated rings. The Hall–Kier alpha value is -3.45. The number of aryl methyl sites for hydroxylation is 2. The number of piperidine rings is 1. The minimum Gasteiger partial charge on any atom is -0.366 e. The number of benzene rings is 1. The van der Waals surface area contributed by atoms with Gasteiger partial charge in [0.1, 0.15) is 28.2 Å². The Labute approximate surface area is 249 Å². The second-order valence-corrected chi connectivity index (χ2v) is 11.6. The van der Waals surface area contributed by atoms with E-state index in [1.54, 1.807) is 6.08 Å². The Kier molecular flexibility index (Phi) is 8.88. The normalized spacial score (nSPS) is 16.6. The molecule has 42 heavy (non-hydrogen) atoms. The molecule has 2 aliphatic rings. The lowest BCUT2D eigenvalue weighted by molar-refractivity contribution is -0.0925. The molecule has 6 nitrogen and oxygen atoms in total. The maximum absolute atomic E-state index is 14.2. The predicted octanol–water partition coefficient (Wildman–Crippen LogP) is 7.33. The van der Waals surface area contributed by atoms with Crippen LogP contribution in [0.5, 0.6) is 0 Å². The van der Waals surface area contributed by atoms with E-state index in [-0.39, 0.29) is 24.3 Å². The minimum atomic E-state index is -4.49. The van der Waals surface area contributed by atoms with Crippen molar-refractivity contribution in [2.75, 3.05) is 13.1 Å². The molecule has 0 N–H and O–H groups in total.